The van der Waals surface area contributed by atoms with Crippen molar-refractivity contribution in [2.45, 2.75) is 6.04 Å². The van der Waals surface area contributed by atoms with Gasteiger partial charge in [0.25, 0.3) is 11.1 Å². The van der Waals surface area contributed by atoms with Gasteiger partial charge in [0.05, 0.1) is 16.7 Å². The normalized spacial score (nSPS) is 24.1. The van der Waals surface area contributed by atoms with Gasteiger partial charge in [0.1, 0.15) is 6.54 Å². The molecule has 24 heavy (non-hydrogen) atoms. The van der Waals surface area contributed by atoms with Gasteiger partial charge in [-0.2, -0.15) is 0 Å². The van der Waals surface area contributed by atoms with Crippen molar-refractivity contribution in [2.24, 2.45) is 0 Å². The van der Waals surface area contributed by atoms with Crippen LogP contribution in [-0.2, 0) is 19.4 Å². The van der Waals surface area contributed by atoms with Gasteiger partial charge in [0.2, 0.25) is 5.91 Å². The zero-order valence-electron chi connectivity index (χ0n) is 12.2. The Labute approximate surface area is 146 Å². The number of nitrogens with one attached hydrogen (secondary N) is 1. The molecule has 0 spiro atoms. The van der Waals surface area contributed by atoms with E-state index in [1.54, 1.807) is 6.08 Å². The largest absolute Gasteiger partial charge is 0.347 e. The number of nitrogens with zero attached hydrogens (tertiary/aromatic N) is 1. The predicted octanol–water partition coefficient (Wildman–Crippen LogP) is 1.21. The van der Waals surface area contributed by atoms with Gasteiger partial charge in [-0.15, -0.1) is 11.3 Å². The smallest absolute Gasteiger partial charge is 0.294 e. The van der Waals surface area contributed by atoms with E-state index in [4.69, 9.17) is 0 Å². The zero-order valence-corrected chi connectivity index (χ0v) is 14.6. The van der Waals surface area contributed by atoms with Crippen LogP contribution in [0.25, 0.3) is 6.08 Å². The molecule has 1 saturated heterocycles. The molecule has 0 unspecified atom stereocenters. The number of rotatable bonds is 4. The quantitative estimate of drug-likeness (QED) is 0.783. The van der Waals surface area contributed by atoms with Gasteiger partial charge >= 0.3 is 0 Å². The van der Waals surface area contributed by atoms with Crippen molar-refractivity contribution in [3.8, 4) is 0 Å². The van der Waals surface area contributed by atoms with Crippen molar-refractivity contribution in [1.82, 2.24) is 10.2 Å². The maximum atomic E-state index is 12.2. The summed E-state index contributed by atoms with van der Waals surface area (Å²) >= 11 is 2.21. The third-order valence-corrected chi connectivity index (χ3v) is 6.39. The van der Waals surface area contributed by atoms with Gasteiger partial charge in [0, 0.05) is 10.3 Å². The molecule has 0 aromatic carbocycles. The summed E-state index contributed by atoms with van der Waals surface area (Å²) in [5.41, 5.74) is 0. The number of carbonyl (C=O) groups excluding carboxylic acids is 3. The number of amides is 3. The molecule has 126 valence electrons. The molecule has 1 aromatic rings. The highest BCUT2D eigenvalue weighted by molar-refractivity contribution is 8.18. The first-order valence-corrected chi connectivity index (χ1v) is 10.2. The molecule has 1 fully saturated rings. The van der Waals surface area contributed by atoms with Gasteiger partial charge in [-0.3, -0.25) is 19.3 Å². The van der Waals surface area contributed by atoms with Crippen LogP contribution in [0.1, 0.15) is 4.88 Å². The van der Waals surface area contributed by atoms with Crippen molar-refractivity contribution in [3.63, 3.8) is 0 Å². The Balaban J connectivity index is 1.63. The minimum Gasteiger partial charge on any atom is -0.347 e. The van der Waals surface area contributed by atoms with Crippen LogP contribution in [0, 0.1) is 0 Å². The summed E-state index contributed by atoms with van der Waals surface area (Å²) in [6.07, 6.45) is 2.98. The van der Waals surface area contributed by atoms with Gasteiger partial charge < -0.3 is 5.32 Å². The molecule has 1 atom stereocenters. The molecule has 1 aromatic heterocycles. The molecule has 0 bridgehead atoms. The number of thiophene rings is 1. The van der Waals surface area contributed by atoms with E-state index in [1.165, 1.54) is 17.4 Å². The number of sulfone groups is 1. The fourth-order valence-electron chi connectivity index (χ4n) is 2.20. The number of imide groups is 1. The lowest BCUT2D eigenvalue weighted by atomic mass is 10.3. The first-order chi connectivity index (χ1) is 11.3. The molecule has 2 aliphatic heterocycles. The van der Waals surface area contributed by atoms with Crippen LogP contribution in [0.15, 0.2) is 33.9 Å². The fourth-order valence-corrected chi connectivity index (χ4v) is 5.00. The Hall–Kier alpha value is -1.91. The molecule has 1 N–H and O–H groups in total. The molecular weight excluding hydrogens is 372 g/mol. The van der Waals surface area contributed by atoms with Gasteiger partial charge in [-0.05, 0) is 35.4 Å². The Morgan fingerprint density at radius 2 is 2.21 bits per heavy atom. The molecule has 3 rings (SSSR count). The second kappa shape index (κ2) is 6.54. The number of carbonyl (C=O) groups is 3. The Morgan fingerprint density at radius 3 is 2.83 bits per heavy atom. The minimum atomic E-state index is -3.28. The topological polar surface area (TPSA) is 101 Å². The number of hydrogen-bond acceptors (Lipinski definition) is 7. The van der Waals surface area contributed by atoms with Crippen molar-refractivity contribution in [1.29, 1.82) is 0 Å². The van der Waals surface area contributed by atoms with Crippen molar-refractivity contribution in [2.75, 3.05) is 12.3 Å². The fraction of sp³-hybridized carbons (Fsp3) is 0.214. The molecule has 2 aliphatic rings. The van der Waals surface area contributed by atoms with E-state index < -0.39 is 39.5 Å². The van der Waals surface area contributed by atoms with E-state index in [0.717, 1.165) is 26.9 Å². The molecular formula is C14H12N2O5S3. The van der Waals surface area contributed by atoms with Crippen LogP contribution in [0.2, 0.25) is 0 Å². The minimum absolute atomic E-state index is 0.209. The molecule has 3 amide bonds. The summed E-state index contributed by atoms with van der Waals surface area (Å²) in [7, 11) is -3.28. The van der Waals surface area contributed by atoms with Crippen LogP contribution >= 0.6 is 23.1 Å². The Bertz CT molecular complexity index is 855. The highest BCUT2D eigenvalue weighted by atomic mass is 32.2. The van der Waals surface area contributed by atoms with Crippen LogP contribution in [0.5, 0.6) is 0 Å². The zero-order chi connectivity index (χ0) is 17.3. The van der Waals surface area contributed by atoms with E-state index in [1.807, 2.05) is 17.5 Å². The SMILES string of the molecule is O=C(CN1C(=O)S/C(=C/c2cccs2)C1=O)N[C@H]1C=CS(=O)(=O)C1. The highest BCUT2D eigenvalue weighted by Gasteiger charge is 2.36. The first-order valence-electron chi connectivity index (χ1n) is 6.83. The average molecular weight is 384 g/mol. The summed E-state index contributed by atoms with van der Waals surface area (Å²) in [6, 6.07) is 3.01. The summed E-state index contributed by atoms with van der Waals surface area (Å²) < 4.78 is 22.6. The van der Waals surface area contributed by atoms with E-state index >= 15 is 0 Å². The molecule has 0 radical (unpaired) electrons. The van der Waals surface area contributed by atoms with Crippen LogP contribution in [0.4, 0.5) is 4.79 Å². The molecule has 7 nitrogen and oxygen atoms in total. The number of thioether (sulfide) groups is 1. The summed E-state index contributed by atoms with van der Waals surface area (Å²) in [6.45, 7) is -0.434. The molecule has 10 heteroatoms. The van der Waals surface area contributed by atoms with E-state index in [-0.39, 0.29) is 10.7 Å². The van der Waals surface area contributed by atoms with Crippen molar-refractivity contribution < 1.29 is 22.8 Å². The Morgan fingerprint density at radius 1 is 1.42 bits per heavy atom. The number of hydrogen-bond donors (Lipinski definition) is 1. The van der Waals surface area contributed by atoms with Crippen LogP contribution in [-0.4, -0.2) is 48.7 Å². The van der Waals surface area contributed by atoms with Crippen molar-refractivity contribution in [3.05, 3.63) is 38.8 Å². The summed E-state index contributed by atoms with van der Waals surface area (Å²) in [4.78, 5) is 38.1. The molecule has 0 aliphatic carbocycles. The highest BCUT2D eigenvalue weighted by Crippen LogP contribution is 2.32. The second-order valence-corrected chi connectivity index (χ2v) is 9.02. The third kappa shape index (κ3) is 3.77. The third-order valence-electron chi connectivity index (χ3n) is 3.27. The van der Waals surface area contributed by atoms with Gasteiger partial charge in [0.15, 0.2) is 9.84 Å². The standard InChI is InChI=1S/C14H12N2O5S3/c17-12(15-9-3-5-24(20,21)8-9)7-16-13(18)11(23-14(16)19)6-10-2-1-4-22-10/h1-6,9H,7-8H2,(H,15,17)/b11-6+/t9-/m0/s1. The maximum Gasteiger partial charge on any atom is 0.294 e. The van der Waals surface area contributed by atoms with Crippen LogP contribution in [0.3, 0.4) is 0 Å². The molecule has 0 saturated carbocycles. The maximum absolute atomic E-state index is 12.2. The lowest BCUT2D eigenvalue weighted by molar-refractivity contribution is -0.129. The average Bonchev–Trinajstić information content (AvgIpc) is 3.17. The van der Waals surface area contributed by atoms with E-state index in [9.17, 15) is 22.8 Å². The lowest BCUT2D eigenvalue weighted by Gasteiger charge is -2.14. The van der Waals surface area contributed by atoms with Crippen molar-refractivity contribution >= 4 is 56.1 Å². The molecule has 3 heterocycles. The lowest BCUT2D eigenvalue weighted by Crippen LogP contribution is -2.43. The van der Waals surface area contributed by atoms with Gasteiger partial charge in [-0.25, -0.2) is 8.42 Å². The summed E-state index contributed by atoms with van der Waals surface area (Å²) in [5, 5.41) is 4.86. The summed E-state index contributed by atoms with van der Waals surface area (Å²) in [5.74, 6) is -1.32. The Kier molecular flexibility index (Phi) is 4.61. The second-order valence-electron chi connectivity index (χ2n) is 5.12. The van der Waals surface area contributed by atoms with E-state index in [0.29, 0.717) is 0 Å². The first kappa shape index (κ1) is 16.9. The predicted molar refractivity (Wildman–Crippen MR) is 91.9 cm³/mol. The van der Waals surface area contributed by atoms with E-state index in [2.05, 4.69) is 5.32 Å². The monoisotopic (exact) mass is 384 g/mol. The van der Waals surface area contributed by atoms with Gasteiger partial charge in [-0.1, -0.05) is 6.07 Å². The van der Waals surface area contributed by atoms with Crippen LogP contribution < -0.4 is 5.32 Å².